The first kappa shape index (κ1) is 11.2. The third-order valence-corrected chi connectivity index (χ3v) is 2.45. The molecule has 14 heavy (non-hydrogen) atoms. The van der Waals surface area contributed by atoms with Crippen molar-refractivity contribution in [3.05, 3.63) is 17.5 Å². The van der Waals surface area contributed by atoms with Crippen LogP contribution in [0.25, 0.3) is 0 Å². The standard InChI is InChI=1S/C11H20N2O/c1-5-10(14)7-13-9(4)6-11(12-13)8(2)3/h6,8,10,14H,5,7H2,1-4H3. The second-order valence-corrected chi connectivity index (χ2v) is 4.11. The van der Waals surface area contributed by atoms with Crippen molar-refractivity contribution in [3.63, 3.8) is 0 Å². The first-order valence-corrected chi connectivity index (χ1v) is 5.27. The molecule has 0 fully saturated rings. The van der Waals surface area contributed by atoms with Crippen LogP contribution >= 0.6 is 0 Å². The van der Waals surface area contributed by atoms with Crippen LogP contribution in [0.1, 0.15) is 44.5 Å². The zero-order chi connectivity index (χ0) is 10.7. The van der Waals surface area contributed by atoms with Crippen LogP contribution < -0.4 is 0 Å². The Morgan fingerprint density at radius 2 is 2.14 bits per heavy atom. The van der Waals surface area contributed by atoms with Crippen molar-refractivity contribution in [1.29, 1.82) is 0 Å². The molecule has 1 aromatic heterocycles. The molecule has 0 saturated heterocycles. The molecule has 1 heterocycles. The molecule has 0 bridgehead atoms. The third-order valence-electron chi connectivity index (χ3n) is 2.45. The highest BCUT2D eigenvalue weighted by molar-refractivity contribution is 5.11. The van der Waals surface area contributed by atoms with Crippen LogP contribution in [0.5, 0.6) is 0 Å². The van der Waals surface area contributed by atoms with Gasteiger partial charge in [0.1, 0.15) is 0 Å². The average molecular weight is 196 g/mol. The fourth-order valence-electron chi connectivity index (χ4n) is 1.33. The molecule has 1 rings (SSSR count). The maximum atomic E-state index is 9.52. The van der Waals surface area contributed by atoms with Gasteiger partial charge < -0.3 is 5.11 Å². The van der Waals surface area contributed by atoms with Crippen molar-refractivity contribution in [2.24, 2.45) is 0 Å². The van der Waals surface area contributed by atoms with E-state index in [1.165, 1.54) is 0 Å². The predicted molar refractivity (Wildman–Crippen MR) is 57.4 cm³/mol. The van der Waals surface area contributed by atoms with E-state index >= 15 is 0 Å². The molecule has 0 radical (unpaired) electrons. The van der Waals surface area contributed by atoms with Gasteiger partial charge in [-0.2, -0.15) is 5.10 Å². The van der Waals surface area contributed by atoms with Gasteiger partial charge in [0.25, 0.3) is 0 Å². The van der Waals surface area contributed by atoms with E-state index in [-0.39, 0.29) is 6.10 Å². The second-order valence-electron chi connectivity index (χ2n) is 4.11. The van der Waals surface area contributed by atoms with Gasteiger partial charge in [-0.3, -0.25) is 4.68 Å². The lowest BCUT2D eigenvalue weighted by Gasteiger charge is -2.09. The molecule has 0 aromatic carbocycles. The van der Waals surface area contributed by atoms with Crippen LogP contribution in [0.4, 0.5) is 0 Å². The summed E-state index contributed by atoms with van der Waals surface area (Å²) >= 11 is 0. The van der Waals surface area contributed by atoms with Gasteiger partial charge in [0.2, 0.25) is 0 Å². The van der Waals surface area contributed by atoms with E-state index in [1.807, 2.05) is 18.5 Å². The van der Waals surface area contributed by atoms with Gasteiger partial charge in [-0.25, -0.2) is 0 Å². The lowest BCUT2D eigenvalue weighted by atomic mass is 10.1. The zero-order valence-electron chi connectivity index (χ0n) is 9.49. The van der Waals surface area contributed by atoms with Gasteiger partial charge in [0.05, 0.1) is 18.3 Å². The Kier molecular flexibility index (Phi) is 3.69. The molecule has 3 heteroatoms. The van der Waals surface area contributed by atoms with Crippen LogP contribution in [-0.2, 0) is 6.54 Å². The Bertz CT molecular complexity index is 291. The lowest BCUT2D eigenvalue weighted by Crippen LogP contribution is -2.16. The van der Waals surface area contributed by atoms with E-state index in [2.05, 4.69) is 25.0 Å². The molecule has 1 unspecified atom stereocenters. The summed E-state index contributed by atoms with van der Waals surface area (Å²) in [5.74, 6) is 0.453. The fraction of sp³-hybridized carbons (Fsp3) is 0.727. The third kappa shape index (κ3) is 2.58. The summed E-state index contributed by atoms with van der Waals surface area (Å²) in [5.41, 5.74) is 2.23. The molecule has 0 aliphatic carbocycles. The number of hydrogen-bond donors (Lipinski definition) is 1. The number of aryl methyl sites for hydroxylation is 1. The Morgan fingerprint density at radius 1 is 1.50 bits per heavy atom. The molecule has 3 nitrogen and oxygen atoms in total. The van der Waals surface area contributed by atoms with Crippen molar-refractivity contribution >= 4 is 0 Å². The second kappa shape index (κ2) is 4.60. The molecule has 1 aromatic rings. The normalized spacial score (nSPS) is 13.6. The Morgan fingerprint density at radius 3 is 2.57 bits per heavy atom. The SMILES string of the molecule is CCC(O)Cn1nc(C(C)C)cc1C. The minimum Gasteiger partial charge on any atom is -0.391 e. The lowest BCUT2D eigenvalue weighted by molar-refractivity contribution is 0.144. The van der Waals surface area contributed by atoms with Crippen LogP contribution in [0.15, 0.2) is 6.07 Å². The molecule has 0 spiro atoms. The van der Waals surface area contributed by atoms with Gasteiger partial charge in [-0.15, -0.1) is 0 Å². The minimum absolute atomic E-state index is 0.284. The maximum Gasteiger partial charge on any atom is 0.0733 e. The summed E-state index contributed by atoms with van der Waals surface area (Å²) in [7, 11) is 0. The fourth-order valence-corrected chi connectivity index (χ4v) is 1.33. The summed E-state index contributed by atoms with van der Waals surface area (Å²) in [6, 6.07) is 2.09. The topological polar surface area (TPSA) is 38.0 Å². The van der Waals surface area contributed by atoms with Crippen molar-refractivity contribution in [2.75, 3.05) is 0 Å². The van der Waals surface area contributed by atoms with E-state index in [0.717, 1.165) is 17.8 Å². The number of nitrogens with zero attached hydrogens (tertiary/aromatic N) is 2. The molecule has 80 valence electrons. The molecule has 0 amide bonds. The summed E-state index contributed by atoms with van der Waals surface area (Å²) < 4.78 is 1.89. The molecule has 0 aliphatic rings. The first-order valence-electron chi connectivity index (χ1n) is 5.27. The first-order chi connectivity index (χ1) is 6.54. The summed E-state index contributed by atoms with van der Waals surface area (Å²) in [6.45, 7) is 8.87. The Balaban J connectivity index is 2.77. The average Bonchev–Trinajstić information content (AvgIpc) is 2.48. The molecule has 0 saturated carbocycles. The van der Waals surface area contributed by atoms with Crippen LogP contribution in [-0.4, -0.2) is 21.0 Å². The minimum atomic E-state index is -0.284. The maximum absolute atomic E-state index is 9.52. The van der Waals surface area contributed by atoms with Crippen LogP contribution in [0.2, 0.25) is 0 Å². The molecule has 0 aliphatic heterocycles. The van der Waals surface area contributed by atoms with E-state index in [9.17, 15) is 5.11 Å². The van der Waals surface area contributed by atoms with Gasteiger partial charge in [-0.05, 0) is 25.3 Å². The molecule has 1 atom stereocenters. The van der Waals surface area contributed by atoms with E-state index in [4.69, 9.17) is 0 Å². The Hall–Kier alpha value is -0.830. The summed E-state index contributed by atoms with van der Waals surface area (Å²) in [4.78, 5) is 0. The summed E-state index contributed by atoms with van der Waals surface area (Å²) in [6.07, 6.45) is 0.490. The van der Waals surface area contributed by atoms with E-state index in [1.54, 1.807) is 0 Å². The van der Waals surface area contributed by atoms with Crippen LogP contribution in [0, 0.1) is 6.92 Å². The number of hydrogen-bond acceptors (Lipinski definition) is 2. The number of aliphatic hydroxyl groups excluding tert-OH is 1. The highest BCUT2D eigenvalue weighted by Crippen LogP contribution is 2.14. The number of aromatic nitrogens is 2. The van der Waals surface area contributed by atoms with Gasteiger partial charge in [-0.1, -0.05) is 20.8 Å². The van der Waals surface area contributed by atoms with Gasteiger partial charge in [0.15, 0.2) is 0 Å². The predicted octanol–water partition coefficient (Wildman–Crippen LogP) is 2.09. The van der Waals surface area contributed by atoms with Crippen molar-refractivity contribution < 1.29 is 5.11 Å². The van der Waals surface area contributed by atoms with E-state index in [0.29, 0.717) is 12.5 Å². The molecule has 1 N–H and O–H groups in total. The van der Waals surface area contributed by atoms with Crippen molar-refractivity contribution in [3.8, 4) is 0 Å². The molecular weight excluding hydrogens is 176 g/mol. The van der Waals surface area contributed by atoms with E-state index < -0.39 is 0 Å². The summed E-state index contributed by atoms with van der Waals surface area (Å²) in [5, 5.41) is 14.0. The highest BCUT2D eigenvalue weighted by Gasteiger charge is 2.09. The monoisotopic (exact) mass is 196 g/mol. The van der Waals surface area contributed by atoms with Gasteiger partial charge >= 0.3 is 0 Å². The smallest absolute Gasteiger partial charge is 0.0733 e. The van der Waals surface area contributed by atoms with Crippen LogP contribution in [0.3, 0.4) is 0 Å². The van der Waals surface area contributed by atoms with Gasteiger partial charge in [0, 0.05) is 5.69 Å². The van der Waals surface area contributed by atoms with Crippen molar-refractivity contribution in [2.45, 2.75) is 52.7 Å². The van der Waals surface area contributed by atoms with Crippen molar-refractivity contribution in [1.82, 2.24) is 9.78 Å². The zero-order valence-corrected chi connectivity index (χ0v) is 9.49. The quantitative estimate of drug-likeness (QED) is 0.800. The number of rotatable bonds is 4. The largest absolute Gasteiger partial charge is 0.391 e. The Labute approximate surface area is 85.8 Å². The highest BCUT2D eigenvalue weighted by atomic mass is 16.3. The molecular formula is C11H20N2O. The number of aliphatic hydroxyl groups is 1.